The SMILES string of the molecule is COc1c(Br)cc2c(c1C(=O)CCN)CCCCC2. The summed E-state index contributed by atoms with van der Waals surface area (Å²) in [4.78, 5) is 12.4. The number of fused-ring (bicyclic) bond motifs is 1. The van der Waals surface area contributed by atoms with E-state index in [1.807, 2.05) is 0 Å². The van der Waals surface area contributed by atoms with Crippen LogP contribution in [-0.2, 0) is 12.8 Å². The quantitative estimate of drug-likeness (QED) is 0.682. The lowest BCUT2D eigenvalue weighted by molar-refractivity contribution is 0.0981. The van der Waals surface area contributed by atoms with E-state index in [1.165, 1.54) is 24.0 Å². The molecule has 3 nitrogen and oxygen atoms in total. The van der Waals surface area contributed by atoms with Crippen molar-refractivity contribution in [2.45, 2.75) is 38.5 Å². The number of nitrogens with two attached hydrogens (primary N) is 1. The summed E-state index contributed by atoms with van der Waals surface area (Å²) in [6, 6.07) is 2.11. The summed E-state index contributed by atoms with van der Waals surface area (Å²) in [6.07, 6.45) is 5.93. The highest BCUT2D eigenvalue weighted by Crippen LogP contribution is 2.37. The van der Waals surface area contributed by atoms with Gasteiger partial charge in [-0.2, -0.15) is 0 Å². The number of ether oxygens (including phenoxy) is 1. The monoisotopic (exact) mass is 325 g/mol. The molecule has 1 aromatic rings. The summed E-state index contributed by atoms with van der Waals surface area (Å²) >= 11 is 3.52. The van der Waals surface area contributed by atoms with Crippen molar-refractivity contribution in [2.24, 2.45) is 5.73 Å². The number of hydrogen-bond donors (Lipinski definition) is 1. The fourth-order valence-electron chi connectivity index (χ4n) is 2.78. The Morgan fingerprint density at radius 2 is 2.11 bits per heavy atom. The first-order chi connectivity index (χ1) is 9.19. The van der Waals surface area contributed by atoms with Gasteiger partial charge in [-0.3, -0.25) is 4.79 Å². The van der Waals surface area contributed by atoms with Gasteiger partial charge in [0.2, 0.25) is 0 Å². The van der Waals surface area contributed by atoms with Crippen LogP contribution in [0, 0.1) is 0 Å². The number of methoxy groups -OCH3 is 1. The van der Waals surface area contributed by atoms with Crippen LogP contribution in [0.25, 0.3) is 0 Å². The smallest absolute Gasteiger partial charge is 0.168 e. The third-order valence-corrected chi connectivity index (χ3v) is 4.25. The summed E-state index contributed by atoms with van der Waals surface area (Å²) in [6.45, 7) is 0.378. The summed E-state index contributed by atoms with van der Waals surface area (Å²) in [5.41, 5.74) is 8.74. The Hall–Kier alpha value is -0.870. The molecular weight excluding hydrogens is 306 g/mol. The minimum absolute atomic E-state index is 0.0961. The van der Waals surface area contributed by atoms with Gasteiger partial charge in [0.05, 0.1) is 17.1 Å². The van der Waals surface area contributed by atoms with Gasteiger partial charge in [0.1, 0.15) is 5.75 Å². The highest BCUT2D eigenvalue weighted by Gasteiger charge is 2.23. The molecule has 0 bridgehead atoms. The number of halogens is 1. The van der Waals surface area contributed by atoms with Crippen molar-refractivity contribution in [2.75, 3.05) is 13.7 Å². The molecule has 1 aromatic carbocycles. The molecule has 1 aliphatic rings. The summed E-state index contributed by atoms with van der Waals surface area (Å²) in [5, 5.41) is 0. The van der Waals surface area contributed by atoms with Crippen molar-refractivity contribution < 1.29 is 9.53 Å². The fraction of sp³-hybridized carbons (Fsp3) is 0.533. The van der Waals surface area contributed by atoms with Crippen LogP contribution in [0.5, 0.6) is 5.75 Å². The van der Waals surface area contributed by atoms with Gasteiger partial charge >= 0.3 is 0 Å². The summed E-state index contributed by atoms with van der Waals surface area (Å²) in [5.74, 6) is 0.762. The molecule has 0 saturated heterocycles. The molecule has 0 spiro atoms. The molecule has 104 valence electrons. The zero-order valence-corrected chi connectivity index (χ0v) is 12.9. The average Bonchev–Trinajstić information content (AvgIpc) is 2.62. The van der Waals surface area contributed by atoms with Gasteiger partial charge in [0.25, 0.3) is 0 Å². The Balaban J connectivity index is 2.58. The molecule has 4 heteroatoms. The van der Waals surface area contributed by atoms with Crippen molar-refractivity contribution in [3.8, 4) is 5.75 Å². The van der Waals surface area contributed by atoms with Crippen molar-refractivity contribution >= 4 is 21.7 Å². The van der Waals surface area contributed by atoms with Crippen LogP contribution in [0.2, 0.25) is 0 Å². The van der Waals surface area contributed by atoms with E-state index in [0.717, 1.165) is 29.3 Å². The van der Waals surface area contributed by atoms with Crippen LogP contribution in [0.3, 0.4) is 0 Å². The van der Waals surface area contributed by atoms with E-state index in [0.29, 0.717) is 18.7 Å². The second-order valence-electron chi connectivity index (χ2n) is 4.93. The predicted molar refractivity (Wildman–Crippen MR) is 80.0 cm³/mol. The van der Waals surface area contributed by atoms with Gasteiger partial charge in [-0.25, -0.2) is 0 Å². The average molecular weight is 326 g/mol. The molecule has 0 aromatic heterocycles. The van der Waals surface area contributed by atoms with Crippen molar-refractivity contribution in [3.05, 3.63) is 27.2 Å². The molecule has 0 aliphatic heterocycles. The number of aryl methyl sites for hydroxylation is 1. The number of ketones is 1. The first-order valence-electron chi connectivity index (χ1n) is 6.80. The molecule has 2 N–H and O–H groups in total. The van der Waals surface area contributed by atoms with E-state index >= 15 is 0 Å². The molecule has 0 fully saturated rings. The number of benzene rings is 1. The van der Waals surface area contributed by atoms with Gasteiger partial charge in [0, 0.05) is 6.42 Å². The minimum atomic E-state index is 0.0961. The topological polar surface area (TPSA) is 52.3 Å². The normalized spacial score (nSPS) is 14.7. The third kappa shape index (κ3) is 3.00. The maximum absolute atomic E-state index is 12.4. The largest absolute Gasteiger partial charge is 0.495 e. The Labute approximate surface area is 122 Å². The molecule has 0 heterocycles. The number of hydrogen-bond acceptors (Lipinski definition) is 3. The van der Waals surface area contributed by atoms with Gasteiger partial charge < -0.3 is 10.5 Å². The molecule has 0 amide bonds. The third-order valence-electron chi connectivity index (χ3n) is 3.66. The van der Waals surface area contributed by atoms with Gasteiger partial charge in [-0.05, 0) is 65.4 Å². The highest BCUT2D eigenvalue weighted by molar-refractivity contribution is 9.10. The molecule has 2 rings (SSSR count). The lowest BCUT2D eigenvalue weighted by Crippen LogP contribution is -2.13. The lowest BCUT2D eigenvalue weighted by Gasteiger charge is -2.17. The maximum Gasteiger partial charge on any atom is 0.168 e. The van der Waals surface area contributed by atoms with Crippen molar-refractivity contribution in [3.63, 3.8) is 0 Å². The number of carbonyl (C=O) groups excluding carboxylic acids is 1. The molecule has 19 heavy (non-hydrogen) atoms. The van der Waals surface area contributed by atoms with E-state index in [-0.39, 0.29) is 5.78 Å². The molecule has 0 atom stereocenters. The molecule has 0 unspecified atom stereocenters. The fourth-order valence-corrected chi connectivity index (χ4v) is 3.41. The second kappa shape index (κ2) is 6.53. The standard InChI is InChI=1S/C15H20BrNO2/c1-19-15-12(16)9-10-5-3-2-4-6-11(10)14(15)13(18)7-8-17/h9H,2-8,17H2,1H3. The Morgan fingerprint density at radius 3 is 2.79 bits per heavy atom. The zero-order chi connectivity index (χ0) is 13.8. The zero-order valence-electron chi connectivity index (χ0n) is 11.3. The van der Waals surface area contributed by atoms with Crippen LogP contribution in [0.1, 0.15) is 47.2 Å². The van der Waals surface area contributed by atoms with E-state index in [9.17, 15) is 4.79 Å². The van der Waals surface area contributed by atoms with E-state index < -0.39 is 0 Å². The first kappa shape index (κ1) is 14.5. The Morgan fingerprint density at radius 1 is 1.37 bits per heavy atom. The van der Waals surface area contributed by atoms with Gasteiger partial charge in [0.15, 0.2) is 5.78 Å². The van der Waals surface area contributed by atoms with E-state index in [2.05, 4.69) is 22.0 Å². The number of carbonyl (C=O) groups is 1. The van der Waals surface area contributed by atoms with Crippen LogP contribution >= 0.6 is 15.9 Å². The van der Waals surface area contributed by atoms with E-state index in [4.69, 9.17) is 10.5 Å². The first-order valence-corrected chi connectivity index (χ1v) is 7.59. The van der Waals surface area contributed by atoms with Crippen LogP contribution in [0.4, 0.5) is 0 Å². The maximum atomic E-state index is 12.4. The summed E-state index contributed by atoms with van der Waals surface area (Å²) in [7, 11) is 1.61. The minimum Gasteiger partial charge on any atom is -0.495 e. The van der Waals surface area contributed by atoms with Gasteiger partial charge in [-0.1, -0.05) is 6.42 Å². The van der Waals surface area contributed by atoms with Crippen LogP contribution in [-0.4, -0.2) is 19.4 Å². The predicted octanol–water partition coefficient (Wildman–Crippen LogP) is 3.26. The Bertz CT molecular complexity index is 486. The second-order valence-corrected chi connectivity index (χ2v) is 5.78. The molecular formula is C15H20BrNO2. The number of Topliss-reactive ketones (excluding diaryl/α,β-unsaturated/α-hetero) is 1. The van der Waals surface area contributed by atoms with Crippen molar-refractivity contribution in [1.29, 1.82) is 0 Å². The number of rotatable bonds is 4. The highest BCUT2D eigenvalue weighted by atomic mass is 79.9. The lowest BCUT2D eigenvalue weighted by atomic mass is 9.92. The molecule has 0 saturated carbocycles. The van der Waals surface area contributed by atoms with Gasteiger partial charge in [-0.15, -0.1) is 0 Å². The Kier molecular flexibility index (Phi) is 4.99. The molecule has 0 radical (unpaired) electrons. The summed E-state index contributed by atoms with van der Waals surface area (Å²) < 4.78 is 6.31. The van der Waals surface area contributed by atoms with E-state index in [1.54, 1.807) is 7.11 Å². The van der Waals surface area contributed by atoms with Crippen LogP contribution < -0.4 is 10.5 Å². The molecule has 1 aliphatic carbocycles. The van der Waals surface area contributed by atoms with Crippen LogP contribution in [0.15, 0.2) is 10.5 Å². The van der Waals surface area contributed by atoms with Crippen molar-refractivity contribution in [1.82, 2.24) is 0 Å².